The van der Waals surface area contributed by atoms with Crippen LogP contribution in [0.5, 0.6) is 0 Å². The zero-order chi connectivity index (χ0) is 13.0. The summed E-state index contributed by atoms with van der Waals surface area (Å²) >= 11 is 0. The molecule has 0 aromatic rings. The van der Waals surface area contributed by atoms with E-state index < -0.39 is 18.0 Å². The summed E-state index contributed by atoms with van der Waals surface area (Å²) in [7, 11) is 1.67. The van der Waals surface area contributed by atoms with Crippen molar-refractivity contribution in [3.8, 4) is 0 Å². The first-order valence-corrected chi connectivity index (χ1v) is 5.44. The van der Waals surface area contributed by atoms with Crippen LogP contribution < -0.4 is 10.6 Å². The highest BCUT2D eigenvalue weighted by Crippen LogP contribution is 2.09. The zero-order valence-electron chi connectivity index (χ0n) is 9.90. The average molecular weight is 243 g/mol. The van der Waals surface area contributed by atoms with E-state index in [-0.39, 0.29) is 11.9 Å². The summed E-state index contributed by atoms with van der Waals surface area (Å²) in [6, 6.07) is -1.58. The molecular formula is C10H17N3O4. The van der Waals surface area contributed by atoms with Crippen LogP contribution in [0.4, 0.5) is 4.79 Å². The second kappa shape index (κ2) is 5.51. The molecule has 0 aromatic heterocycles. The van der Waals surface area contributed by atoms with Crippen molar-refractivity contribution in [2.24, 2.45) is 0 Å². The molecule has 0 radical (unpaired) electrons. The summed E-state index contributed by atoms with van der Waals surface area (Å²) in [5.41, 5.74) is 0. The van der Waals surface area contributed by atoms with E-state index in [1.54, 1.807) is 11.9 Å². The third-order valence-corrected chi connectivity index (χ3v) is 2.68. The number of nitrogens with zero attached hydrogens (tertiary/aromatic N) is 1. The van der Waals surface area contributed by atoms with Gasteiger partial charge in [0.05, 0.1) is 0 Å². The number of hydrogen-bond acceptors (Lipinski definition) is 3. The van der Waals surface area contributed by atoms with E-state index in [4.69, 9.17) is 5.11 Å². The Bertz CT molecular complexity index is 332. The maximum atomic E-state index is 11.4. The maximum absolute atomic E-state index is 11.4. The smallest absolute Gasteiger partial charge is 0.325 e. The van der Waals surface area contributed by atoms with Gasteiger partial charge in [-0.2, -0.15) is 0 Å². The third-order valence-electron chi connectivity index (χ3n) is 2.68. The zero-order valence-corrected chi connectivity index (χ0v) is 9.90. The number of carbonyl (C=O) groups is 3. The normalized spacial score (nSPS) is 21.9. The maximum Gasteiger partial charge on any atom is 0.325 e. The lowest BCUT2D eigenvalue weighted by Crippen LogP contribution is -2.53. The lowest BCUT2D eigenvalue weighted by Gasteiger charge is -2.30. The van der Waals surface area contributed by atoms with E-state index in [1.165, 1.54) is 6.92 Å². The summed E-state index contributed by atoms with van der Waals surface area (Å²) in [5.74, 6) is -1.03. The minimum Gasteiger partial charge on any atom is -0.480 e. The van der Waals surface area contributed by atoms with Crippen LogP contribution in [0, 0.1) is 0 Å². The first-order chi connectivity index (χ1) is 7.90. The van der Waals surface area contributed by atoms with Gasteiger partial charge < -0.3 is 20.6 Å². The number of likely N-dealkylation sites (tertiary alicyclic amines) is 1. The number of piperidine rings is 1. The molecule has 7 nitrogen and oxygen atoms in total. The Hall–Kier alpha value is -1.79. The predicted molar refractivity (Wildman–Crippen MR) is 59.4 cm³/mol. The first-order valence-electron chi connectivity index (χ1n) is 5.44. The van der Waals surface area contributed by atoms with Gasteiger partial charge in [0, 0.05) is 26.1 Å². The van der Waals surface area contributed by atoms with Gasteiger partial charge in [0.2, 0.25) is 5.91 Å². The first kappa shape index (κ1) is 13.3. The Balaban J connectivity index is 2.37. The van der Waals surface area contributed by atoms with Gasteiger partial charge in [-0.1, -0.05) is 0 Å². The molecule has 0 spiro atoms. The average Bonchev–Trinajstić information content (AvgIpc) is 2.23. The number of urea groups is 1. The highest BCUT2D eigenvalue weighted by Gasteiger charge is 2.24. The second-order valence-electron chi connectivity index (χ2n) is 4.19. The fourth-order valence-electron chi connectivity index (χ4n) is 1.62. The second-order valence-corrected chi connectivity index (χ2v) is 4.19. The SMILES string of the molecule is C[C@@H](NC(=O)NC1CCC(=O)N(C)C1)C(=O)O. The topological polar surface area (TPSA) is 98.7 Å². The van der Waals surface area contributed by atoms with Crippen molar-refractivity contribution in [2.45, 2.75) is 31.8 Å². The molecule has 0 aliphatic carbocycles. The number of amides is 3. The number of hydrogen-bond donors (Lipinski definition) is 3. The molecule has 3 amide bonds. The van der Waals surface area contributed by atoms with Gasteiger partial charge in [-0.05, 0) is 13.3 Å². The van der Waals surface area contributed by atoms with Crippen molar-refractivity contribution >= 4 is 17.9 Å². The van der Waals surface area contributed by atoms with Crippen LogP contribution >= 0.6 is 0 Å². The molecule has 1 rings (SSSR count). The van der Waals surface area contributed by atoms with E-state index in [0.29, 0.717) is 19.4 Å². The van der Waals surface area contributed by atoms with Crippen LogP contribution in [0.2, 0.25) is 0 Å². The summed E-state index contributed by atoms with van der Waals surface area (Å²) in [4.78, 5) is 34.7. The lowest BCUT2D eigenvalue weighted by atomic mass is 10.1. The predicted octanol–water partition coefficient (Wildman–Crippen LogP) is -0.620. The van der Waals surface area contributed by atoms with Gasteiger partial charge in [-0.3, -0.25) is 9.59 Å². The van der Waals surface area contributed by atoms with Gasteiger partial charge in [-0.15, -0.1) is 0 Å². The molecule has 1 aliphatic heterocycles. The minimum absolute atomic E-state index is 0.0577. The number of rotatable bonds is 3. The van der Waals surface area contributed by atoms with Crippen LogP contribution in [-0.4, -0.2) is 53.6 Å². The summed E-state index contributed by atoms with van der Waals surface area (Å²) in [6.07, 6.45) is 0.980. The van der Waals surface area contributed by atoms with Crippen LogP contribution in [0.3, 0.4) is 0 Å². The number of nitrogens with one attached hydrogen (secondary N) is 2. The van der Waals surface area contributed by atoms with Gasteiger partial charge in [-0.25, -0.2) is 4.79 Å². The van der Waals surface area contributed by atoms with Gasteiger partial charge in [0.25, 0.3) is 0 Å². The Labute approximate surface area is 99.2 Å². The van der Waals surface area contributed by atoms with Crippen molar-refractivity contribution in [1.82, 2.24) is 15.5 Å². The molecule has 3 N–H and O–H groups in total. The third kappa shape index (κ3) is 3.93. The van der Waals surface area contributed by atoms with Gasteiger partial charge in [0.1, 0.15) is 6.04 Å². The number of aliphatic carboxylic acids is 1. The van der Waals surface area contributed by atoms with E-state index in [9.17, 15) is 14.4 Å². The molecule has 1 aliphatic rings. The largest absolute Gasteiger partial charge is 0.480 e. The Morgan fingerprint density at radius 2 is 2.18 bits per heavy atom. The Morgan fingerprint density at radius 1 is 1.53 bits per heavy atom. The van der Waals surface area contributed by atoms with Crippen LogP contribution in [0.25, 0.3) is 0 Å². The molecule has 0 saturated carbocycles. The Morgan fingerprint density at radius 3 is 2.71 bits per heavy atom. The lowest BCUT2D eigenvalue weighted by molar-refractivity contribution is -0.138. The summed E-state index contributed by atoms with van der Waals surface area (Å²) < 4.78 is 0. The number of carboxylic acids is 1. The minimum atomic E-state index is -1.09. The number of carboxylic acid groups (broad SMARTS) is 1. The standard InChI is InChI=1S/C10H17N3O4/c1-6(9(15)16)11-10(17)12-7-3-4-8(14)13(2)5-7/h6-7H,3-5H2,1-2H3,(H,15,16)(H2,11,12,17)/t6-,7?/m1/s1. The highest BCUT2D eigenvalue weighted by atomic mass is 16.4. The monoisotopic (exact) mass is 243 g/mol. The van der Waals surface area contributed by atoms with E-state index >= 15 is 0 Å². The molecule has 17 heavy (non-hydrogen) atoms. The van der Waals surface area contributed by atoms with Gasteiger partial charge >= 0.3 is 12.0 Å². The van der Waals surface area contributed by atoms with Crippen LogP contribution in [0.1, 0.15) is 19.8 Å². The van der Waals surface area contributed by atoms with E-state index in [2.05, 4.69) is 10.6 Å². The van der Waals surface area contributed by atoms with Gasteiger partial charge in [0.15, 0.2) is 0 Å². The molecular weight excluding hydrogens is 226 g/mol. The Kier molecular flexibility index (Phi) is 4.30. The van der Waals surface area contributed by atoms with E-state index in [1.807, 2.05) is 0 Å². The molecule has 1 heterocycles. The van der Waals surface area contributed by atoms with Crippen molar-refractivity contribution in [1.29, 1.82) is 0 Å². The van der Waals surface area contributed by atoms with Crippen molar-refractivity contribution in [3.63, 3.8) is 0 Å². The van der Waals surface area contributed by atoms with Crippen LogP contribution in [-0.2, 0) is 9.59 Å². The molecule has 0 aromatic carbocycles. The summed E-state index contributed by atoms with van der Waals surface area (Å²) in [6.45, 7) is 1.84. The number of carbonyl (C=O) groups excluding carboxylic acids is 2. The molecule has 1 unspecified atom stereocenters. The highest BCUT2D eigenvalue weighted by molar-refractivity contribution is 5.82. The fraction of sp³-hybridized carbons (Fsp3) is 0.700. The van der Waals surface area contributed by atoms with Crippen molar-refractivity contribution in [3.05, 3.63) is 0 Å². The van der Waals surface area contributed by atoms with Crippen molar-refractivity contribution in [2.75, 3.05) is 13.6 Å². The molecule has 7 heteroatoms. The molecule has 0 bridgehead atoms. The molecule has 1 saturated heterocycles. The molecule has 96 valence electrons. The molecule has 2 atom stereocenters. The fourth-order valence-corrected chi connectivity index (χ4v) is 1.62. The van der Waals surface area contributed by atoms with Crippen molar-refractivity contribution < 1.29 is 19.5 Å². The van der Waals surface area contributed by atoms with Crippen LogP contribution in [0.15, 0.2) is 0 Å². The quantitative estimate of drug-likeness (QED) is 0.615. The molecule has 1 fully saturated rings. The summed E-state index contributed by atoms with van der Waals surface area (Å²) in [5, 5.41) is 13.6. The van der Waals surface area contributed by atoms with E-state index in [0.717, 1.165) is 0 Å². The number of likely N-dealkylation sites (N-methyl/N-ethyl adjacent to an activating group) is 1.